The molecule has 0 unspecified atom stereocenters. The van der Waals surface area contributed by atoms with Gasteiger partial charge >= 0.3 is 0 Å². The van der Waals surface area contributed by atoms with Gasteiger partial charge in [0, 0.05) is 35.2 Å². The van der Waals surface area contributed by atoms with Crippen LogP contribution in [0, 0.1) is 6.92 Å². The van der Waals surface area contributed by atoms with Gasteiger partial charge in [0.1, 0.15) is 5.82 Å². The van der Waals surface area contributed by atoms with Gasteiger partial charge in [0.05, 0.1) is 23.2 Å². The van der Waals surface area contributed by atoms with Crippen molar-refractivity contribution in [1.29, 1.82) is 0 Å². The lowest BCUT2D eigenvalue weighted by Gasteiger charge is -2.24. The van der Waals surface area contributed by atoms with E-state index in [9.17, 15) is 4.79 Å². The summed E-state index contributed by atoms with van der Waals surface area (Å²) in [6.45, 7) is 6.61. The number of aryl methyl sites for hydroxylation is 1. The molecule has 30 heavy (non-hydrogen) atoms. The van der Waals surface area contributed by atoms with Crippen molar-refractivity contribution >= 4 is 34.3 Å². The largest absolute Gasteiger partial charge is 0.384 e. The first kappa shape index (κ1) is 20.2. The molecule has 0 aliphatic carbocycles. The van der Waals surface area contributed by atoms with E-state index in [1.807, 2.05) is 31.2 Å². The second-order valence-corrected chi connectivity index (χ2v) is 8.73. The fourth-order valence-corrected chi connectivity index (χ4v) is 3.93. The van der Waals surface area contributed by atoms with Crippen LogP contribution in [-0.2, 0) is 10.2 Å². The van der Waals surface area contributed by atoms with E-state index in [0.29, 0.717) is 28.8 Å². The number of hydrogen-bond acceptors (Lipinski definition) is 7. The van der Waals surface area contributed by atoms with Gasteiger partial charge in [-0.15, -0.1) is 0 Å². The average Bonchev–Trinajstić information content (AvgIpc) is 3.27. The molecule has 0 saturated carbocycles. The number of fused-ring (bicyclic) bond motifs is 1. The number of nitrogens with one attached hydrogen (secondary N) is 4. The maximum absolute atomic E-state index is 11.7. The van der Waals surface area contributed by atoms with Gasteiger partial charge in [-0.2, -0.15) is 5.10 Å². The Morgan fingerprint density at radius 2 is 1.97 bits per heavy atom. The molecule has 0 fully saturated rings. The monoisotopic (exact) mass is 425 g/mol. The van der Waals surface area contributed by atoms with Gasteiger partial charge in [0.25, 0.3) is 5.56 Å². The molecule has 3 heterocycles. The van der Waals surface area contributed by atoms with Crippen molar-refractivity contribution < 1.29 is 4.74 Å². The highest BCUT2D eigenvalue weighted by Crippen LogP contribution is 2.31. The van der Waals surface area contributed by atoms with E-state index < -0.39 is 0 Å². The zero-order chi connectivity index (χ0) is 21.3. The van der Waals surface area contributed by atoms with E-state index in [-0.39, 0.29) is 11.0 Å². The van der Waals surface area contributed by atoms with Crippen LogP contribution in [0.5, 0.6) is 0 Å². The zero-order valence-electron chi connectivity index (χ0n) is 17.2. The highest BCUT2D eigenvalue weighted by Gasteiger charge is 2.24. The second kappa shape index (κ2) is 7.96. The first-order valence-electron chi connectivity index (χ1n) is 9.40. The van der Waals surface area contributed by atoms with Crippen LogP contribution in [0.4, 0.5) is 11.6 Å². The first-order valence-corrected chi connectivity index (χ1v) is 10.2. The van der Waals surface area contributed by atoms with Crippen molar-refractivity contribution in [2.75, 3.05) is 19.0 Å². The van der Waals surface area contributed by atoms with E-state index in [2.05, 4.69) is 44.5 Å². The maximum Gasteiger partial charge on any atom is 0.271 e. The number of nitrogens with zero attached hydrogens (tertiary/aromatic N) is 3. The molecular formula is C20H23N7O2S. The number of methoxy groups -OCH3 is 1. The summed E-state index contributed by atoms with van der Waals surface area (Å²) in [7, 11) is 1.68. The van der Waals surface area contributed by atoms with Gasteiger partial charge < -0.3 is 10.1 Å². The lowest BCUT2D eigenvalue weighted by atomic mass is 9.90. The van der Waals surface area contributed by atoms with E-state index in [1.54, 1.807) is 13.2 Å². The first-order chi connectivity index (χ1) is 14.3. The van der Waals surface area contributed by atoms with E-state index in [1.165, 1.54) is 11.8 Å². The third-order valence-electron chi connectivity index (χ3n) is 4.62. The number of ether oxygens (including phenoxy) is 1. The van der Waals surface area contributed by atoms with Gasteiger partial charge in [0.2, 0.25) is 0 Å². The zero-order valence-corrected chi connectivity index (χ0v) is 18.0. The molecule has 0 saturated heterocycles. The smallest absolute Gasteiger partial charge is 0.271 e. The Morgan fingerprint density at radius 3 is 2.70 bits per heavy atom. The minimum atomic E-state index is -0.305. The van der Waals surface area contributed by atoms with E-state index in [4.69, 9.17) is 9.72 Å². The molecule has 3 aromatic heterocycles. The van der Waals surface area contributed by atoms with Crippen molar-refractivity contribution in [3.63, 3.8) is 0 Å². The van der Waals surface area contributed by atoms with Crippen LogP contribution in [0.25, 0.3) is 10.9 Å². The van der Waals surface area contributed by atoms with E-state index >= 15 is 0 Å². The van der Waals surface area contributed by atoms with Crippen LogP contribution in [0.15, 0.2) is 45.2 Å². The Morgan fingerprint density at radius 1 is 1.13 bits per heavy atom. The van der Waals surface area contributed by atoms with Gasteiger partial charge in [-0.1, -0.05) is 13.8 Å². The minimum absolute atomic E-state index is 0.137. The molecule has 4 aromatic rings. The SMILES string of the molecule is COCC(C)(C)c1cc(Nc2cc(C)[nH]n2)nc(Sc2ccc3c(=O)[nH][nH]c3c2)n1. The van der Waals surface area contributed by atoms with Crippen LogP contribution >= 0.6 is 11.8 Å². The fraction of sp³-hybridized carbons (Fsp3) is 0.300. The van der Waals surface area contributed by atoms with E-state index in [0.717, 1.165) is 21.8 Å². The summed E-state index contributed by atoms with van der Waals surface area (Å²) in [6.07, 6.45) is 0. The Balaban J connectivity index is 1.70. The van der Waals surface area contributed by atoms with Crippen molar-refractivity contribution in [3.8, 4) is 0 Å². The van der Waals surface area contributed by atoms with Crippen molar-refractivity contribution in [2.24, 2.45) is 0 Å². The summed E-state index contributed by atoms with van der Waals surface area (Å²) >= 11 is 1.42. The number of H-pyrrole nitrogens is 3. The Kier molecular flexibility index (Phi) is 5.35. The molecule has 0 atom stereocenters. The molecule has 10 heteroatoms. The molecule has 4 N–H and O–H groups in total. The highest BCUT2D eigenvalue weighted by atomic mass is 32.2. The lowest BCUT2D eigenvalue weighted by Crippen LogP contribution is -2.25. The molecule has 1 aromatic carbocycles. The standard InChI is InChI=1S/C20H23N7O2S/c1-11-7-17(26-24-11)22-16-9-15(20(2,3)10-29-4)21-19(23-16)30-12-5-6-13-14(8-12)25-27-18(13)28/h5-9H,10H2,1-4H3,(H2,25,27,28)(H2,21,22,23,24,26). The third-order valence-corrected chi connectivity index (χ3v) is 5.48. The predicted octanol–water partition coefficient (Wildman–Crippen LogP) is 3.50. The number of benzene rings is 1. The van der Waals surface area contributed by atoms with Crippen molar-refractivity contribution in [1.82, 2.24) is 30.4 Å². The molecule has 4 rings (SSSR count). The number of anilines is 2. The summed E-state index contributed by atoms with van der Waals surface area (Å²) in [5, 5.41) is 17.1. The Bertz CT molecular complexity index is 1240. The van der Waals surface area contributed by atoms with Gasteiger partial charge in [-0.3, -0.25) is 20.1 Å². The number of aromatic nitrogens is 6. The molecule has 0 spiro atoms. The molecule has 0 aliphatic rings. The van der Waals surface area contributed by atoms with Gasteiger partial charge in [0.15, 0.2) is 11.0 Å². The number of hydrogen-bond donors (Lipinski definition) is 4. The Labute approximate surface area is 177 Å². The molecule has 0 aliphatic heterocycles. The minimum Gasteiger partial charge on any atom is -0.384 e. The summed E-state index contributed by atoms with van der Waals surface area (Å²) < 4.78 is 5.39. The van der Waals surface area contributed by atoms with Crippen LogP contribution in [0.2, 0.25) is 0 Å². The number of aromatic amines is 3. The fourth-order valence-electron chi connectivity index (χ4n) is 3.11. The van der Waals surface area contributed by atoms with Crippen molar-refractivity contribution in [2.45, 2.75) is 36.2 Å². The third kappa shape index (κ3) is 4.24. The molecule has 0 amide bonds. The summed E-state index contributed by atoms with van der Waals surface area (Å²) in [4.78, 5) is 22.1. The highest BCUT2D eigenvalue weighted by molar-refractivity contribution is 7.99. The normalized spacial score (nSPS) is 11.9. The number of rotatable bonds is 7. The van der Waals surface area contributed by atoms with Gasteiger partial charge in [-0.25, -0.2) is 9.97 Å². The van der Waals surface area contributed by atoms with Crippen LogP contribution < -0.4 is 10.9 Å². The Hall–Kier alpha value is -3.11. The van der Waals surface area contributed by atoms with Crippen LogP contribution in [0.1, 0.15) is 25.2 Å². The molecule has 156 valence electrons. The predicted molar refractivity (Wildman–Crippen MR) is 117 cm³/mol. The van der Waals surface area contributed by atoms with Crippen LogP contribution in [-0.4, -0.2) is 44.1 Å². The lowest BCUT2D eigenvalue weighted by molar-refractivity contribution is 0.144. The maximum atomic E-state index is 11.7. The van der Waals surface area contributed by atoms with Gasteiger partial charge in [-0.05, 0) is 36.9 Å². The summed E-state index contributed by atoms with van der Waals surface area (Å²) in [6, 6.07) is 9.40. The summed E-state index contributed by atoms with van der Waals surface area (Å²) in [5.74, 6) is 1.33. The summed E-state index contributed by atoms with van der Waals surface area (Å²) in [5.41, 5.74) is 2.11. The second-order valence-electron chi connectivity index (χ2n) is 7.69. The quantitative estimate of drug-likeness (QED) is 0.334. The van der Waals surface area contributed by atoms with Crippen LogP contribution in [0.3, 0.4) is 0 Å². The molecule has 9 nitrogen and oxygen atoms in total. The topological polar surface area (TPSA) is 124 Å². The molecular weight excluding hydrogens is 402 g/mol. The molecule has 0 bridgehead atoms. The molecule has 0 radical (unpaired) electrons. The average molecular weight is 426 g/mol. The van der Waals surface area contributed by atoms with Crippen molar-refractivity contribution in [3.05, 3.63) is 52.1 Å².